The molecule has 0 aliphatic carbocycles. The van der Waals surface area contributed by atoms with Crippen molar-refractivity contribution >= 4 is 55.3 Å². The Kier molecular flexibility index (Phi) is 5.25. The van der Waals surface area contributed by atoms with Crippen molar-refractivity contribution in [3.8, 4) is 11.5 Å². The zero-order valence-corrected chi connectivity index (χ0v) is 18.8. The lowest BCUT2D eigenvalue weighted by atomic mass is 10.1. The lowest BCUT2D eigenvalue weighted by Crippen LogP contribution is -2.22. The summed E-state index contributed by atoms with van der Waals surface area (Å²) in [7, 11) is 1.47. The van der Waals surface area contributed by atoms with Crippen molar-refractivity contribution in [3.63, 3.8) is 0 Å². The number of imidazole rings is 1. The number of carboxylic acid groups (broad SMARTS) is 1. The molecule has 0 saturated carbocycles. The molecule has 0 spiro atoms. The summed E-state index contributed by atoms with van der Waals surface area (Å²) in [6, 6.07) is 7.03. The fourth-order valence-electron chi connectivity index (χ4n) is 3.16. The minimum absolute atomic E-state index is 0.141. The standard InChI is InChI=1S/C21H17BrN2O5S/c1-10-6-13-19(18(22)11(10)2)23-21-24(13)20(27)16(30-21)8-12-4-5-14(15(7-12)28-3)29-9-17(25)26/h4-8H,9H2,1-3H3,(H,25,26)/b16-8+. The van der Waals surface area contributed by atoms with Crippen LogP contribution in [0.5, 0.6) is 11.5 Å². The number of methoxy groups -OCH3 is 1. The summed E-state index contributed by atoms with van der Waals surface area (Å²) < 4.78 is 13.6. The van der Waals surface area contributed by atoms with E-state index in [2.05, 4.69) is 20.9 Å². The maximum absolute atomic E-state index is 13.1. The lowest BCUT2D eigenvalue weighted by molar-refractivity contribution is -0.139. The van der Waals surface area contributed by atoms with Crippen LogP contribution >= 0.6 is 27.3 Å². The van der Waals surface area contributed by atoms with Gasteiger partial charge in [-0.3, -0.25) is 4.79 Å². The number of carboxylic acids is 1. The van der Waals surface area contributed by atoms with Gasteiger partial charge in [0.2, 0.25) is 0 Å². The van der Waals surface area contributed by atoms with Crippen LogP contribution in [0.1, 0.15) is 16.7 Å². The van der Waals surface area contributed by atoms with E-state index in [9.17, 15) is 9.59 Å². The largest absolute Gasteiger partial charge is 0.493 e. The molecule has 4 aromatic rings. The predicted octanol–water partition coefficient (Wildman–Crippen LogP) is 3.31. The highest BCUT2D eigenvalue weighted by Gasteiger charge is 2.16. The molecule has 0 radical (unpaired) electrons. The van der Waals surface area contributed by atoms with E-state index in [1.165, 1.54) is 18.4 Å². The number of thiazole rings is 1. The number of aryl methyl sites for hydroxylation is 1. The number of fused-ring (bicyclic) bond motifs is 3. The van der Waals surface area contributed by atoms with Gasteiger partial charge in [0.25, 0.3) is 5.56 Å². The smallest absolute Gasteiger partial charge is 0.341 e. The molecular weight excluding hydrogens is 472 g/mol. The second-order valence-corrected chi connectivity index (χ2v) is 8.54. The van der Waals surface area contributed by atoms with Crippen LogP contribution in [-0.4, -0.2) is 34.2 Å². The topological polar surface area (TPSA) is 90.1 Å². The third kappa shape index (κ3) is 3.44. The molecule has 4 rings (SSSR count). The van der Waals surface area contributed by atoms with Crippen LogP contribution in [0.25, 0.3) is 22.1 Å². The highest BCUT2D eigenvalue weighted by atomic mass is 79.9. The Balaban J connectivity index is 1.83. The fraction of sp³-hybridized carbons (Fsp3) is 0.190. The molecule has 0 amide bonds. The third-order valence-corrected chi connectivity index (χ3v) is 6.75. The normalized spacial score (nSPS) is 12.1. The molecule has 1 N–H and O–H groups in total. The first-order chi connectivity index (χ1) is 14.3. The van der Waals surface area contributed by atoms with Crippen molar-refractivity contribution < 1.29 is 19.4 Å². The van der Waals surface area contributed by atoms with Crippen molar-refractivity contribution in [1.82, 2.24) is 9.38 Å². The second kappa shape index (κ2) is 7.73. The Morgan fingerprint density at radius 1 is 1.30 bits per heavy atom. The highest BCUT2D eigenvalue weighted by Crippen LogP contribution is 2.31. The number of aromatic nitrogens is 2. The number of ether oxygens (including phenoxy) is 2. The predicted molar refractivity (Wildman–Crippen MR) is 119 cm³/mol. The summed E-state index contributed by atoms with van der Waals surface area (Å²) in [5.74, 6) is -0.365. The van der Waals surface area contributed by atoms with Gasteiger partial charge in [-0.05, 0) is 70.7 Å². The summed E-state index contributed by atoms with van der Waals surface area (Å²) in [5.41, 5.74) is 4.32. The average Bonchev–Trinajstić information content (AvgIpc) is 3.22. The van der Waals surface area contributed by atoms with E-state index in [0.717, 1.165) is 32.2 Å². The Morgan fingerprint density at radius 3 is 2.77 bits per heavy atom. The fourth-order valence-corrected chi connectivity index (χ4v) is 4.75. The minimum atomic E-state index is -1.07. The maximum Gasteiger partial charge on any atom is 0.341 e. The molecule has 0 aliphatic heterocycles. The number of halogens is 1. The van der Waals surface area contributed by atoms with Crippen LogP contribution in [0.2, 0.25) is 0 Å². The van der Waals surface area contributed by atoms with E-state index in [1.807, 2.05) is 19.9 Å². The summed E-state index contributed by atoms with van der Waals surface area (Å²) in [6.45, 7) is 3.55. The molecule has 0 saturated heterocycles. The van der Waals surface area contributed by atoms with E-state index in [1.54, 1.807) is 28.7 Å². The number of benzene rings is 2. The zero-order chi connectivity index (χ0) is 21.6. The molecule has 2 heterocycles. The van der Waals surface area contributed by atoms with Crippen LogP contribution in [0, 0.1) is 13.8 Å². The van der Waals surface area contributed by atoms with Gasteiger partial charge in [0.15, 0.2) is 23.1 Å². The molecule has 0 fully saturated rings. The number of hydrogen-bond donors (Lipinski definition) is 1. The number of carbonyl (C=O) groups is 1. The zero-order valence-electron chi connectivity index (χ0n) is 16.4. The van der Waals surface area contributed by atoms with Crippen LogP contribution in [0.3, 0.4) is 0 Å². The Labute approximate surface area is 183 Å². The van der Waals surface area contributed by atoms with Gasteiger partial charge in [0.1, 0.15) is 5.52 Å². The molecule has 0 bridgehead atoms. The Bertz CT molecular complexity index is 1420. The summed E-state index contributed by atoms with van der Waals surface area (Å²) in [5, 5.41) is 8.78. The van der Waals surface area contributed by atoms with Gasteiger partial charge in [-0.15, -0.1) is 0 Å². The molecule has 30 heavy (non-hydrogen) atoms. The van der Waals surface area contributed by atoms with Gasteiger partial charge < -0.3 is 14.6 Å². The average molecular weight is 489 g/mol. The molecule has 2 aromatic heterocycles. The number of rotatable bonds is 5. The highest BCUT2D eigenvalue weighted by molar-refractivity contribution is 9.10. The van der Waals surface area contributed by atoms with Gasteiger partial charge in [-0.25, -0.2) is 14.2 Å². The van der Waals surface area contributed by atoms with Gasteiger partial charge in [-0.2, -0.15) is 0 Å². The number of nitrogens with zero attached hydrogens (tertiary/aromatic N) is 2. The first-order valence-corrected chi connectivity index (χ1v) is 10.6. The summed E-state index contributed by atoms with van der Waals surface area (Å²) in [4.78, 5) is 29.1. The minimum Gasteiger partial charge on any atom is -0.493 e. The van der Waals surface area contributed by atoms with E-state index in [4.69, 9.17) is 14.6 Å². The lowest BCUT2D eigenvalue weighted by Gasteiger charge is -2.09. The summed E-state index contributed by atoms with van der Waals surface area (Å²) >= 11 is 4.90. The van der Waals surface area contributed by atoms with Crippen molar-refractivity contribution in [1.29, 1.82) is 0 Å². The second-order valence-electron chi connectivity index (χ2n) is 6.74. The van der Waals surface area contributed by atoms with E-state index in [-0.39, 0.29) is 5.56 Å². The maximum atomic E-state index is 13.1. The molecule has 0 atom stereocenters. The van der Waals surface area contributed by atoms with E-state index in [0.29, 0.717) is 21.0 Å². The van der Waals surface area contributed by atoms with Crippen molar-refractivity contribution in [2.75, 3.05) is 13.7 Å². The molecule has 7 nitrogen and oxygen atoms in total. The molecule has 0 aliphatic rings. The van der Waals surface area contributed by atoms with Crippen molar-refractivity contribution in [3.05, 3.63) is 60.3 Å². The molecule has 0 unspecified atom stereocenters. The van der Waals surface area contributed by atoms with Gasteiger partial charge in [-0.1, -0.05) is 17.4 Å². The van der Waals surface area contributed by atoms with E-state index < -0.39 is 12.6 Å². The Morgan fingerprint density at radius 2 is 2.07 bits per heavy atom. The van der Waals surface area contributed by atoms with Gasteiger partial charge in [0, 0.05) is 4.47 Å². The third-order valence-electron chi connectivity index (χ3n) is 4.82. The van der Waals surface area contributed by atoms with Crippen LogP contribution in [0.4, 0.5) is 0 Å². The monoisotopic (exact) mass is 488 g/mol. The molecule has 2 aromatic carbocycles. The number of aliphatic carboxylic acids is 1. The van der Waals surface area contributed by atoms with Crippen LogP contribution in [0.15, 0.2) is 33.5 Å². The Hall–Kier alpha value is -2.91. The first kappa shape index (κ1) is 20.4. The first-order valence-electron chi connectivity index (χ1n) is 8.95. The molecular formula is C21H17BrN2O5S. The van der Waals surface area contributed by atoms with Crippen molar-refractivity contribution in [2.24, 2.45) is 0 Å². The van der Waals surface area contributed by atoms with Crippen LogP contribution in [-0.2, 0) is 4.79 Å². The van der Waals surface area contributed by atoms with Crippen molar-refractivity contribution in [2.45, 2.75) is 13.8 Å². The molecule has 9 heteroatoms. The van der Waals surface area contributed by atoms with Crippen LogP contribution < -0.4 is 19.6 Å². The summed E-state index contributed by atoms with van der Waals surface area (Å²) in [6.07, 6.45) is 1.76. The van der Waals surface area contributed by atoms with Gasteiger partial charge >= 0.3 is 5.97 Å². The quantitative estimate of drug-likeness (QED) is 0.463. The SMILES string of the molecule is COc1cc(/C=c2/sc3nc4c(Br)c(C)c(C)cc4n3c2=O)ccc1OCC(=O)O. The van der Waals surface area contributed by atoms with Gasteiger partial charge in [0.05, 0.1) is 17.2 Å². The molecule has 154 valence electrons. The number of hydrogen-bond acceptors (Lipinski definition) is 6. The van der Waals surface area contributed by atoms with E-state index >= 15 is 0 Å².